The van der Waals surface area contributed by atoms with Crippen LogP contribution in [-0.4, -0.2) is 28.7 Å². The standard InChI is InChI=1S/C27H27N3O/c1-21-26(31-18-17-28-21)25-19-30(20-29-25)27(22-11-5-2-6-12-22,23-13-7-3-8-14-23)24-15-9-4-10-16-24/h2-16,19-21,26,28H,17-18H2,1H3. The molecule has 4 nitrogen and oxygen atoms in total. The van der Waals surface area contributed by atoms with Crippen LogP contribution >= 0.6 is 0 Å². The Kier molecular flexibility index (Phi) is 5.41. The number of aromatic nitrogens is 2. The summed E-state index contributed by atoms with van der Waals surface area (Å²) in [6.45, 7) is 3.73. The first-order valence-electron chi connectivity index (χ1n) is 10.9. The lowest BCUT2D eigenvalue weighted by molar-refractivity contribution is -0.00266. The van der Waals surface area contributed by atoms with Crippen molar-refractivity contribution in [1.82, 2.24) is 14.9 Å². The van der Waals surface area contributed by atoms with Crippen molar-refractivity contribution in [3.8, 4) is 0 Å². The summed E-state index contributed by atoms with van der Waals surface area (Å²) < 4.78 is 8.32. The monoisotopic (exact) mass is 409 g/mol. The van der Waals surface area contributed by atoms with Crippen LogP contribution in [0.5, 0.6) is 0 Å². The van der Waals surface area contributed by atoms with Gasteiger partial charge in [-0.25, -0.2) is 4.98 Å². The van der Waals surface area contributed by atoms with Gasteiger partial charge in [-0.05, 0) is 23.6 Å². The minimum atomic E-state index is -0.541. The topological polar surface area (TPSA) is 39.1 Å². The molecule has 2 unspecified atom stereocenters. The zero-order valence-corrected chi connectivity index (χ0v) is 17.7. The van der Waals surface area contributed by atoms with Crippen molar-refractivity contribution in [2.75, 3.05) is 13.2 Å². The first-order valence-corrected chi connectivity index (χ1v) is 10.9. The molecular formula is C27H27N3O. The number of imidazole rings is 1. The van der Waals surface area contributed by atoms with Gasteiger partial charge in [0.05, 0.1) is 18.6 Å². The van der Waals surface area contributed by atoms with Crippen molar-refractivity contribution < 1.29 is 4.74 Å². The Balaban J connectivity index is 1.75. The fraction of sp³-hybridized carbons (Fsp3) is 0.222. The molecule has 156 valence electrons. The Bertz CT molecular complexity index is 1010. The summed E-state index contributed by atoms with van der Waals surface area (Å²) in [5.74, 6) is 0. The molecule has 1 N–H and O–H groups in total. The Labute approximate surface area is 183 Å². The second-order valence-corrected chi connectivity index (χ2v) is 8.05. The van der Waals surface area contributed by atoms with Gasteiger partial charge in [-0.15, -0.1) is 0 Å². The summed E-state index contributed by atoms with van der Waals surface area (Å²) in [6, 6.07) is 32.2. The van der Waals surface area contributed by atoms with Gasteiger partial charge in [-0.3, -0.25) is 0 Å². The number of hydrogen-bond acceptors (Lipinski definition) is 3. The van der Waals surface area contributed by atoms with E-state index < -0.39 is 5.54 Å². The van der Waals surface area contributed by atoms with Gasteiger partial charge in [0.1, 0.15) is 11.6 Å². The molecule has 1 fully saturated rings. The lowest BCUT2D eigenvalue weighted by atomic mass is 9.77. The maximum absolute atomic E-state index is 6.08. The molecule has 31 heavy (non-hydrogen) atoms. The largest absolute Gasteiger partial charge is 0.369 e. The third-order valence-electron chi connectivity index (χ3n) is 6.18. The highest BCUT2D eigenvalue weighted by Gasteiger charge is 2.39. The SMILES string of the molecule is CC1NCCOC1c1cn(C(c2ccccc2)(c2ccccc2)c2ccccc2)cn1. The van der Waals surface area contributed by atoms with E-state index in [4.69, 9.17) is 9.72 Å². The summed E-state index contributed by atoms with van der Waals surface area (Å²) in [5, 5.41) is 3.50. The van der Waals surface area contributed by atoms with Gasteiger partial charge in [0, 0.05) is 18.8 Å². The summed E-state index contributed by atoms with van der Waals surface area (Å²) in [7, 11) is 0. The summed E-state index contributed by atoms with van der Waals surface area (Å²) in [4.78, 5) is 4.83. The van der Waals surface area contributed by atoms with Crippen LogP contribution in [0.1, 0.15) is 35.4 Å². The van der Waals surface area contributed by atoms with Crippen molar-refractivity contribution in [2.24, 2.45) is 0 Å². The molecule has 0 radical (unpaired) electrons. The highest BCUT2D eigenvalue weighted by atomic mass is 16.5. The highest BCUT2D eigenvalue weighted by molar-refractivity contribution is 5.50. The molecule has 0 spiro atoms. The number of hydrogen-bond donors (Lipinski definition) is 1. The van der Waals surface area contributed by atoms with Crippen molar-refractivity contribution in [2.45, 2.75) is 24.6 Å². The molecular weight excluding hydrogens is 382 g/mol. The van der Waals surface area contributed by atoms with Crippen molar-refractivity contribution in [3.05, 3.63) is 126 Å². The van der Waals surface area contributed by atoms with Gasteiger partial charge in [-0.2, -0.15) is 0 Å². The zero-order chi connectivity index (χ0) is 21.1. The van der Waals surface area contributed by atoms with Crippen LogP contribution < -0.4 is 5.32 Å². The van der Waals surface area contributed by atoms with E-state index in [-0.39, 0.29) is 12.1 Å². The van der Waals surface area contributed by atoms with Gasteiger partial charge >= 0.3 is 0 Å². The normalized spacial score (nSPS) is 19.3. The predicted molar refractivity (Wildman–Crippen MR) is 123 cm³/mol. The molecule has 1 aliphatic rings. The van der Waals surface area contributed by atoms with Gasteiger partial charge < -0.3 is 14.6 Å². The van der Waals surface area contributed by atoms with Crippen LogP contribution in [0.4, 0.5) is 0 Å². The summed E-state index contributed by atoms with van der Waals surface area (Å²) in [6.07, 6.45) is 4.05. The molecule has 0 bridgehead atoms. The number of ether oxygens (including phenoxy) is 1. The van der Waals surface area contributed by atoms with Crippen LogP contribution in [0.2, 0.25) is 0 Å². The van der Waals surface area contributed by atoms with Crippen LogP contribution in [0, 0.1) is 0 Å². The Morgan fingerprint density at radius 3 is 1.84 bits per heavy atom. The number of nitrogens with one attached hydrogen (secondary N) is 1. The van der Waals surface area contributed by atoms with Crippen LogP contribution in [0.25, 0.3) is 0 Å². The minimum absolute atomic E-state index is 0.0602. The van der Waals surface area contributed by atoms with E-state index in [9.17, 15) is 0 Å². The molecule has 0 aliphatic carbocycles. The molecule has 4 heteroatoms. The van der Waals surface area contributed by atoms with E-state index in [0.717, 1.165) is 12.2 Å². The average Bonchev–Trinajstić information content (AvgIpc) is 3.32. The van der Waals surface area contributed by atoms with E-state index >= 15 is 0 Å². The molecule has 0 saturated carbocycles. The molecule has 2 heterocycles. The molecule has 1 aliphatic heterocycles. The minimum Gasteiger partial charge on any atom is -0.369 e. The van der Waals surface area contributed by atoms with Crippen molar-refractivity contribution in [1.29, 1.82) is 0 Å². The molecule has 5 rings (SSSR count). The predicted octanol–water partition coefficient (Wildman–Crippen LogP) is 4.77. The lowest BCUT2D eigenvalue weighted by Gasteiger charge is -2.37. The maximum Gasteiger partial charge on any atom is 0.121 e. The fourth-order valence-corrected chi connectivity index (χ4v) is 4.72. The first-order chi connectivity index (χ1) is 15.3. The van der Waals surface area contributed by atoms with Crippen LogP contribution in [0.15, 0.2) is 104 Å². The Morgan fingerprint density at radius 1 is 0.839 bits per heavy atom. The van der Waals surface area contributed by atoms with Crippen molar-refractivity contribution >= 4 is 0 Å². The molecule has 1 saturated heterocycles. The van der Waals surface area contributed by atoms with Crippen molar-refractivity contribution in [3.63, 3.8) is 0 Å². The van der Waals surface area contributed by atoms with Crippen LogP contribution in [0.3, 0.4) is 0 Å². The number of nitrogens with zero attached hydrogens (tertiary/aromatic N) is 2. The quantitative estimate of drug-likeness (QED) is 0.483. The van der Waals surface area contributed by atoms with E-state index in [1.165, 1.54) is 16.7 Å². The third-order valence-corrected chi connectivity index (χ3v) is 6.18. The molecule has 0 amide bonds. The van der Waals surface area contributed by atoms with Gasteiger partial charge in [0.15, 0.2) is 0 Å². The van der Waals surface area contributed by atoms with Gasteiger partial charge in [0.2, 0.25) is 0 Å². The van der Waals surface area contributed by atoms with E-state index in [1.807, 2.05) is 6.33 Å². The summed E-state index contributed by atoms with van der Waals surface area (Å²) >= 11 is 0. The molecule has 3 aromatic carbocycles. The third kappa shape index (κ3) is 3.48. The second-order valence-electron chi connectivity index (χ2n) is 8.05. The Hall–Kier alpha value is -3.21. The van der Waals surface area contributed by atoms with Crippen LogP contribution in [-0.2, 0) is 10.3 Å². The van der Waals surface area contributed by atoms with Gasteiger partial charge in [-0.1, -0.05) is 91.0 Å². The summed E-state index contributed by atoms with van der Waals surface area (Å²) in [5.41, 5.74) is 3.97. The van der Waals surface area contributed by atoms with E-state index in [2.05, 4.69) is 114 Å². The number of morpholine rings is 1. The zero-order valence-electron chi connectivity index (χ0n) is 17.7. The first kappa shape index (κ1) is 19.7. The maximum atomic E-state index is 6.08. The van der Waals surface area contributed by atoms with E-state index in [0.29, 0.717) is 6.61 Å². The molecule has 1 aromatic heterocycles. The van der Waals surface area contributed by atoms with Gasteiger partial charge in [0.25, 0.3) is 0 Å². The fourth-order valence-electron chi connectivity index (χ4n) is 4.72. The lowest BCUT2D eigenvalue weighted by Crippen LogP contribution is -2.41. The van der Waals surface area contributed by atoms with E-state index in [1.54, 1.807) is 0 Å². The average molecular weight is 410 g/mol. The Morgan fingerprint density at radius 2 is 1.35 bits per heavy atom. The highest BCUT2D eigenvalue weighted by Crippen LogP contribution is 2.41. The number of benzene rings is 3. The number of rotatable bonds is 5. The molecule has 4 aromatic rings. The smallest absolute Gasteiger partial charge is 0.121 e. The second kappa shape index (κ2) is 8.50. The molecule has 2 atom stereocenters.